The van der Waals surface area contributed by atoms with Crippen LogP contribution in [0.25, 0.3) is 0 Å². The molecule has 0 aliphatic carbocycles. The number of rotatable bonds is 11. The first-order chi connectivity index (χ1) is 7.74. The Morgan fingerprint density at radius 2 is 1.88 bits per heavy atom. The molecular weight excluding hydrogens is 204 g/mol. The zero-order valence-electron chi connectivity index (χ0n) is 10.9. The summed E-state index contributed by atoms with van der Waals surface area (Å²) in [6.07, 6.45) is 1.05. The van der Waals surface area contributed by atoms with Crippen molar-refractivity contribution in [1.82, 2.24) is 10.2 Å². The molecule has 16 heavy (non-hydrogen) atoms. The summed E-state index contributed by atoms with van der Waals surface area (Å²) in [5, 5.41) is 3.11. The first-order valence-corrected chi connectivity index (χ1v) is 5.76. The Kier molecular flexibility index (Phi) is 10.8. The van der Waals surface area contributed by atoms with Crippen LogP contribution in [0.3, 0.4) is 0 Å². The summed E-state index contributed by atoms with van der Waals surface area (Å²) in [6, 6.07) is 0. The van der Waals surface area contributed by atoms with Gasteiger partial charge in [0.15, 0.2) is 0 Å². The van der Waals surface area contributed by atoms with Gasteiger partial charge in [-0.3, -0.25) is 4.90 Å². The van der Waals surface area contributed by atoms with Gasteiger partial charge < -0.3 is 14.8 Å². The van der Waals surface area contributed by atoms with E-state index in [1.165, 1.54) is 5.57 Å². The third-order valence-electron chi connectivity index (χ3n) is 2.31. The number of methoxy groups -OCH3 is 2. The predicted molar refractivity (Wildman–Crippen MR) is 67.9 cm³/mol. The van der Waals surface area contributed by atoms with Gasteiger partial charge >= 0.3 is 0 Å². The van der Waals surface area contributed by atoms with Gasteiger partial charge in [0.05, 0.1) is 6.61 Å². The smallest absolute Gasteiger partial charge is 0.0589 e. The number of likely N-dealkylation sites (N-methyl/N-ethyl adjacent to an activating group) is 1. The second-order valence-corrected chi connectivity index (χ2v) is 3.90. The van der Waals surface area contributed by atoms with Crippen LogP contribution < -0.4 is 5.32 Å². The summed E-state index contributed by atoms with van der Waals surface area (Å²) in [6.45, 7) is 9.38. The Balaban J connectivity index is 3.83. The Labute approximate surface area is 99.6 Å². The van der Waals surface area contributed by atoms with Crippen LogP contribution in [0.4, 0.5) is 0 Å². The quantitative estimate of drug-likeness (QED) is 0.419. The summed E-state index contributed by atoms with van der Waals surface area (Å²) >= 11 is 0. The summed E-state index contributed by atoms with van der Waals surface area (Å²) in [5.74, 6) is 0. The summed E-state index contributed by atoms with van der Waals surface area (Å²) in [4.78, 5) is 2.35. The largest absolute Gasteiger partial charge is 0.385 e. The maximum absolute atomic E-state index is 5.10. The number of nitrogens with one attached hydrogen (secondary N) is 1. The SMILES string of the molecule is C=C(CNC)CN(CCCOC)CCOC. The lowest BCUT2D eigenvalue weighted by atomic mass is 10.2. The Morgan fingerprint density at radius 3 is 2.44 bits per heavy atom. The molecule has 0 atom stereocenters. The second-order valence-electron chi connectivity index (χ2n) is 3.90. The lowest BCUT2D eigenvalue weighted by Crippen LogP contribution is -2.32. The maximum atomic E-state index is 5.10. The van der Waals surface area contributed by atoms with Crippen molar-refractivity contribution in [1.29, 1.82) is 0 Å². The van der Waals surface area contributed by atoms with Gasteiger partial charge in [0.1, 0.15) is 0 Å². The second kappa shape index (κ2) is 11.1. The minimum Gasteiger partial charge on any atom is -0.385 e. The number of nitrogens with zero attached hydrogens (tertiary/aromatic N) is 1. The number of ether oxygens (including phenoxy) is 2. The van der Waals surface area contributed by atoms with E-state index < -0.39 is 0 Å². The fourth-order valence-electron chi connectivity index (χ4n) is 1.54. The van der Waals surface area contributed by atoms with E-state index in [0.29, 0.717) is 0 Å². The molecular formula is C12H26N2O2. The molecule has 4 nitrogen and oxygen atoms in total. The van der Waals surface area contributed by atoms with Crippen LogP contribution in [0.2, 0.25) is 0 Å². The Bertz CT molecular complexity index is 174. The van der Waals surface area contributed by atoms with Crippen molar-refractivity contribution in [3.05, 3.63) is 12.2 Å². The average molecular weight is 230 g/mol. The fourth-order valence-corrected chi connectivity index (χ4v) is 1.54. The fraction of sp³-hybridized carbons (Fsp3) is 0.833. The molecule has 96 valence electrons. The van der Waals surface area contributed by atoms with E-state index in [9.17, 15) is 0 Å². The molecule has 0 spiro atoms. The summed E-state index contributed by atoms with van der Waals surface area (Å²) < 4.78 is 10.2. The molecule has 0 amide bonds. The lowest BCUT2D eigenvalue weighted by Gasteiger charge is -2.22. The molecule has 0 heterocycles. The van der Waals surface area contributed by atoms with E-state index in [2.05, 4.69) is 16.8 Å². The average Bonchev–Trinajstić information content (AvgIpc) is 2.26. The first-order valence-electron chi connectivity index (χ1n) is 5.76. The molecule has 0 bridgehead atoms. The minimum absolute atomic E-state index is 0.764. The molecule has 0 rings (SSSR count). The van der Waals surface area contributed by atoms with Gasteiger partial charge in [0, 0.05) is 47.0 Å². The normalized spacial score (nSPS) is 11.0. The van der Waals surface area contributed by atoms with E-state index in [4.69, 9.17) is 9.47 Å². The Hall–Kier alpha value is -0.420. The zero-order valence-corrected chi connectivity index (χ0v) is 10.9. The third kappa shape index (κ3) is 8.85. The predicted octanol–water partition coefficient (Wildman–Crippen LogP) is 0.747. The maximum Gasteiger partial charge on any atom is 0.0589 e. The third-order valence-corrected chi connectivity index (χ3v) is 2.31. The van der Waals surface area contributed by atoms with Crippen LogP contribution in [-0.4, -0.2) is 65.6 Å². The summed E-state index contributed by atoms with van der Waals surface area (Å²) in [7, 11) is 5.41. The molecule has 0 aromatic heterocycles. The van der Waals surface area contributed by atoms with Crippen LogP contribution in [-0.2, 0) is 9.47 Å². The highest BCUT2D eigenvalue weighted by atomic mass is 16.5. The van der Waals surface area contributed by atoms with Crippen molar-refractivity contribution >= 4 is 0 Å². The molecule has 0 radical (unpaired) electrons. The van der Waals surface area contributed by atoms with E-state index in [1.807, 2.05) is 7.05 Å². The van der Waals surface area contributed by atoms with Crippen molar-refractivity contribution < 1.29 is 9.47 Å². The monoisotopic (exact) mass is 230 g/mol. The van der Waals surface area contributed by atoms with Crippen molar-refractivity contribution in [3.63, 3.8) is 0 Å². The van der Waals surface area contributed by atoms with Crippen LogP contribution in [0.1, 0.15) is 6.42 Å². The molecule has 0 saturated carbocycles. The minimum atomic E-state index is 0.764. The van der Waals surface area contributed by atoms with Crippen LogP contribution >= 0.6 is 0 Å². The van der Waals surface area contributed by atoms with Crippen LogP contribution in [0.5, 0.6) is 0 Å². The van der Waals surface area contributed by atoms with Gasteiger partial charge in [0.25, 0.3) is 0 Å². The van der Waals surface area contributed by atoms with Crippen molar-refractivity contribution in [2.75, 3.05) is 60.7 Å². The molecule has 0 fully saturated rings. The van der Waals surface area contributed by atoms with Crippen LogP contribution in [0.15, 0.2) is 12.2 Å². The topological polar surface area (TPSA) is 33.7 Å². The molecule has 0 saturated heterocycles. The number of hydrogen-bond acceptors (Lipinski definition) is 4. The van der Waals surface area contributed by atoms with Crippen LogP contribution in [0, 0.1) is 0 Å². The number of hydrogen-bond donors (Lipinski definition) is 1. The molecule has 4 heteroatoms. The molecule has 1 N–H and O–H groups in total. The van der Waals surface area contributed by atoms with Crippen molar-refractivity contribution in [3.8, 4) is 0 Å². The van der Waals surface area contributed by atoms with Gasteiger partial charge in [-0.2, -0.15) is 0 Å². The first kappa shape index (κ1) is 15.6. The van der Waals surface area contributed by atoms with Gasteiger partial charge in [0.2, 0.25) is 0 Å². The van der Waals surface area contributed by atoms with E-state index in [1.54, 1.807) is 14.2 Å². The van der Waals surface area contributed by atoms with E-state index >= 15 is 0 Å². The highest BCUT2D eigenvalue weighted by Gasteiger charge is 2.05. The summed E-state index contributed by atoms with van der Waals surface area (Å²) in [5.41, 5.74) is 1.20. The molecule has 0 aromatic rings. The lowest BCUT2D eigenvalue weighted by molar-refractivity contribution is 0.137. The van der Waals surface area contributed by atoms with Gasteiger partial charge in [-0.15, -0.1) is 0 Å². The molecule has 0 aliphatic heterocycles. The molecule has 0 aliphatic rings. The molecule has 0 aromatic carbocycles. The van der Waals surface area contributed by atoms with Crippen molar-refractivity contribution in [2.24, 2.45) is 0 Å². The highest BCUT2D eigenvalue weighted by molar-refractivity contribution is 4.99. The van der Waals surface area contributed by atoms with E-state index in [0.717, 1.165) is 45.8 Å². The van der Waals surface area contributed by atoms with Gasteiger partial charge in [-0.05, 0) is 19.0 Å². The van der Waals surface area contributed by atoms with Gasteiger partial charge in [-0.25, -0.2) is 0 Å². The zero-order chi connectivity index (χ0) is 12.2. The van der Waals surface area contributed by atoms with Gasteiger partial charge in [-0.1, -0.05) is 6.58 Å². The Morgan fingerprint density at radius 1 is 1.19 bits per heavy atom. The standard InChI is InChI=1S/C12H26N2O2/c1-12(10-13-2)11-14(7-9-16-4)6-5-8-15-3/h13H,1,5-11H2,2-4H3. The highest BCUT2D eigenvalue weighted by Crippen LogP contribution is 1.98. The van der Waals surface area contributed by atoms with E-state index in [-0.39, 0.29) is 0 Å². The van der Waals surface area contributed by atoms with Crippen molar-refractivity contribution in [2.45, 2.75) is 6.42 Å². The molecule has 0 unspecified atom stereocenters.